The third kappa shape index (κ3) is 3.97. The summed E-state index contributed by atoms with van der Waals surface area (Å²) >= 11 is 0. The Kier molecular flexibility index (Phi) is 4.71. The molecule has 1 aromatic heterocycles. The minimum Gasteiger partial charge on any atom is -0.392 e. The van der Waals surface area contributed by atoms with Gasteiger partial charge in [-0.05, 0) is 12.8 Å². The second-order valence-electron chi connectivity index (χ2n) is 3.76. The Labute approximate surface area is 89.4 Å². The Hall–Kier alpha value is -0.940. The maximum atomic E-state index is 9.61. The second kappa shape index (κ2) is 5.82. The van der Waals surface area contributed by atoms with E-state index in [1.54, 1.807) is 0 Å². The zero-order chi connectivity index (χ0) is 11.3. The van der Waals surface area contributed by atoms with Crippen molar-refractivity contribution in [3.63, 3.8) is 0 Å². The van der Waals surface area contributed by atoms with Crippen LogP contribution in [0.4, 0.5) is 0 Å². The Morgan fingerprint density at radius 1 is 1.47 bits per heavy atom. The van der Waals surface area contributed by atoms with Gasteiger partial charge in [0.05, 0.1) is 12.5 Å². The molecule has 1 aromatic rings. The van der Waals surface area contributed by atoms with E-state index in [2.05, 4.69) is 10.1 Å². The van der Waals surface area contributed by atoms with Crippen molar-refractivity contribution >= 4 is 0 Å². The van der Waals surface area contributed by atoms with Crippen LogP contribution in [-0.4, -0.2) is 28.0 Å². The van der Waals surface area contributed by atoms with Crippen LogP contribution in [0.25, 0.3) is 0 Å². The molecule has 1 atom stereocenters. The lowest BCUT2D eigenvalue weighted by Crippen LogP contribution is -2.17. The molecule has 0 spiro atoms. The summed E-state index contributed by atoms with van der Waals surface area (Å²) in [5.41, 5.74) is 0. The number of aliphatic hydroxyl groups excluding tert-OH is 1. The fourth-order valence-electron chi connectivity index (χ4n) is 1.04. The normalized spacial score (nSPS) is 13.4. The first-order valence-corrected chi connectivity index (χ1v) is 5.20. The monoisotopic (exact) mass is 214 g/mol. The average molecular weight is 214 g/mol. The van der Waals surface area contributed by atoms with Gasteiger partial charge in [0.15, 0.2) is 5.82 Å². The molecule has 1 unspecified atom stereocenters. The Bertz CT molecular complexity index is 286. The van der Waals surface area contributed by atoms with Gasteiger partial charge in [0.2, 0.25) is 5.89 Å². The molecular weight excluding hydrogens is 196 g/mol. The molecule has 0 aliphatic heterocycles. The van der Waals surface area contributed by atoms with Gasteiger partial charge >= 0.3 is 0 Å². The molecule has 0 saturated heterocycles. The summed E-state index contributed by atoms with van der Waals surface area (Å²) in [6.45, 7) is 6.78. The van der Waals surface area contributed by atoms with Gasteiger partial charge in [0.1, 0.15) is 6.61 Å². The number of ether oxygens (including phenoxy) is 1. The lowest BCUT2D eigenvalue weighted by Gasteiger charge is -2.10. The molecule has 0 aliphatic rings. The van der Waals surface area contributed by atoms with Crippen LogP contribution in [0.5, 0.6) is 0 Å². The van der Waals surface area contributed by atoms with E-state index in [0.717, 1.165) is 0 Å². The highest BCUT2D eigenvalue weighted by Gasteiger charge is 2.14. The molecule has 5 nitrogen and oxygen atoms in total. The highest BCUT2D eigenvalue weighted by molar-refractivity contribution is 4.87. The summed E-state index contributed by atoms with van der Waals surface area (Å²) in [6.07, 6.45) is -0.0399. The molecule has 1 heterocycles. The van der Waals surface area contributed by atoms with Crippen molar-refractivity contribution in [3.05, 3.63) is 11.7 Å². The van der Waals surface area contributed by atoms with Gasteiger partial charge in [-0.15, -0.1) is 0 Å². The lowest BCUT2D eigenvalue weighted by atomic mass is 10.0. The topological polar surface area (TPSA) is 68.4 Å². The lowest BCUT2D eigenvalue weighted by molar-refractivity contribution is 0.115. The predicted molar refractivity (Wildman–Crippen MR) is 54.2 cm³/mol. The smallest absolute Gasteiger partial charge is 0.229 e. The van der Waals surface area contributed by atoms with Crippen molar-refractivity contribution in [3.8, 4) is 0 Å². The Balaban J connectivity index is 2.45. The molecule has 0 radical (unpaired) electrons. The van der Waals surface area contributed by atoms with Gasteiger partial charge in [-0.25, -0.2) is 0 Å². The molecule has 15 heavy (non-hydrogen) atoms. The number of hydrogen-bond donors (Lipinski definition) is 1. The van der Waals surface area contributed by atoms with E-state index in [-0.39, 0.29) is 5.92 Å². The molecule has 5 heteroatoms. The zero-order valence-electron chi connectivity index (χ0n) is 9.43. The summed E-state index contributed by atoms with van der Waals surface area (Å²) in [5.74, 6) is 1.18. The Morgan fingerprint density at radius 2 is 2.20 bits per heavy atom. The number of hydrogen-bond acceptors (Lipinski definition) is 5. The number of aliphatic hydroxyl groups is 1. The summed E-state index contributed by atoms with van der Waals surface area (Å²) in [7, 11) is 0. The van der Waals surface area contributed by atoms with Crippen LogP contribution in [0, 0.1) is 5.92 Å². The summed E-state index contributed by atoms with van der Waals surface area (Å²) in [4.78, 5) is 4.11. The minimum absolute atomic E-state index is 0.187. The molecule has 0 fully saturated rings. The predicted octanol–water partition coefficient (Wildman–Crippen LogP) is 1.17. The molecule has 0 amide bonds. The van der Waals surface area contributed by atoms with Crippen LogP contribution in [0.2, 0.25) is 0 Å². The van der Waals surface area contributed by atoms with E-state index >= 15 is 0 Å². The molecule has 0 bridgehead atoms. The third-order valence-electron chi connectivity index (χ3n) is 2.10. The summed E-state index contributed by atoms with van der Waals surface area (Å²) in [6, 6.07) is 0. The van der Waals surface area contributed by atoms with Gasteiger partial charge in [0, 0.05) is 6.61 Å². The van der Waals surface area contributed by atoms with Crippen LogP contribution in [0.15, 0.2) is 4.52 Å². The van der Waals surface area contributed by atoms with Crippen molar-refractivity contribution < 1.29 is 14.4 Å². The Morgan fingerprint density at radius 3 is 2.80 bits per heavy atom. The van der Waals surface area contributed by atoms with Crippen LogP contribution in [0.1, 0.15) is 32.5 Å². The van der Waals surface area contributed by atoms with Gasteiger partial charge in [-0.3, -0.25) is 0 Å². The van der Waals surface area contributed by atoms with Crippen molar-refractivity contribution in [1.82, 2.24) is 10.1 Å². The largest absolute Gasteiger partial charge is 0.392 e. The summed E-state index contributed by atoms with van der Waals surface area (Å²) in [5, 5.41) is 13.4. The van der Waals surface area contributed by atoms with Crippen LogP contribution in [-0.2, 0) is 17.8 Å². The fraction of sp³-hybridized carbons (Fsp3) is 0.800. The molecule has 1 rings (SSSR count). The van der Waals surface area contributed by atoms with Gasteiger partial charge in [-0.2, -0.15) is 4.98 Å². The van der Waals surface area contributed by atoms with E-state index < -0.39 is 6.10 Å². The standard InChI is InChI=1S/C10H18N2O3/c1-4-14-6-9-11-10(15-12-9)5-8(13)7(2)3/h7-8,13H,4-6H2,1-3H3. The fourth-order valence-corrected chi connectivity index (χ4v) is 1.04. The van der Waals surface area contributed by atoms with Gasteiger partial charge in [0.25, 0.3) is 0 Å². The molecule has 1 N–H and O–H groups in total. The van der Waals surface area contributed by atoms with Crippen LogP contribution in [0.3, 0.4) is 0 Å². The number of rotatable bonds is 6. The minimum atomic E-state index is -0.439. The quantitative estimate of drug-likeness (QED) is 0.769. The van der Waals surface area contributed by atoms with E-state index in [1.807, 2.05) is 20.8 Å². The molecule has 0 aliphatic carbocycles. The van der Waals surface area contributed by atoms with E-state index in [4.69, 9.17) is 9.26 Å². The van der Waals surface area contributed by atoms with Crippen LogP contribution >= 0.6 is 0 Å². The highest BCUT2D eigenvalue weighted by Crippen LogP contribution is 2.08. The highest BCUT2D eigenvalue weighted by atomic mass is 16.5. The van der Waals surface area contributed by atoms with E-state index in [0.29, 0.717) is 31.3 Å². The SMILES string of the molecule is CCOCc1noc(CC(O)C(C)C)n1. The average Bonchev–Trinajstić information content (AvgIpc) is 2.62. The molecular formula is C10H18N2O3. The summed E-state index contributed by atoms with van der Waals surface area (Å²) < 4.78 is 10.1. The van der Waals surface area contributed by atoms with E-state index in [9.17, 15) is 5.11 Å². The number of aromatic nitrogens is 2. The number of nitrogens with zero attached hydrogens (tertiary/aromatic N) is 2. The van der Waals surface area contributed by atoms with E-state index in [1.165, 1.54) is 0 Å². The van der Waals surface area contributed by atoms with Crippen LogP contribution < -0.4 is 0 Å². The molecule has 86 valence electrons. The van der Waals surface area contributed by atoms with Crippen molar-refractivity contribution in [2.24, 2.45) is 5.92 Å². The van der Waals surface area contributed by atoms with Gasteiger partial charge in [-0.1, -0.05) is 19.0 Å². The second-order valence-corrected chi connectivity index (χ2v) is 3.76. The van der Waals surface area contributed by atoms with Gasteiger partial charge < -0.3 is 14.4 Å². The molecule has 0 aromatic carbocycles. The van der Waals surface area contributed by atoms with Crippen molar-refractivity contribution in [1.29, 1.82) is 0 Å². The maximum absolute atomic E-state index is 9.61. The zero-order valence-corrected chi connectivity index (χ0v) is 9.43. The van der Waals surface area contributed by atoms with Crippen molar-refractivity contribution in [2.75, 3.05) is 6.61 Å². The maximum Gasteiger partial charge on any atom is 0.229 e. The third-order valence-corrected chi connectivity index (χ3v) is 2.10. The van der Waals surface area contributed by atoms with Crippen molar-refractivity contribution in [2.45, 2.75) is 39.9 Å². The first kappa shape index (κ1) is 12.1. The first-order chi connectivity index (χ1) is 7.13. The first-order valence-electron chi connectivity index (χ1n) is 5.20. The molecule has 0 saturated carbocycles.